The van der Waals surface area contributed by atoms with E-state index in [0.29, 0.717) is 25.6 Å². The first-order chi connectivity index (χ1) is 12.3. The molecule has 5 nitrogen and oxygen atoms in total. The molecule has 1 heterocycles. The number of carbonyl (C=O) groups is 2. The summed E-state index contributed by atoms with van der Waals surface area (Å²) in [4.78, 5) is 27.5. The van der Waals surface area contributed by atoms with Gasteiger partial charge >= 0.3 is 0 Å². The van der Waals surface area contributed by atoms with E-state index in [-0.39, 0.29) is 29.1 Å². The lowest BCUT2D eigenvalue weighted by Crippen LogP contribution is -2.37. The van der Waals surface area contributed by atoms with Gasteiger partial charge in [-0.2, -0.15) is 0 Å². The molecular weight excluding hydrogens is 328 g/mol. The molecule has 1 saturated heterocycles. The molecule has 1 saturated carbocycles. The summed E-state index contributed by atoms with van der Waals surface area (Å²) in [6, 6.07) is 8.15. The van der Waals surface area contributed by atoms with Crippen LogP contribution in [0.5, 0.6) is 5.75 Å². The second kappa shape index (κ2) is 7.29. The van der Waals surface area contributed by atoms with E-state index in [0.717, 1.165) is 24.2 Å². The first-order valence-electron chi connectivity index (χ1n) is 9.49. The molecule has 1 aromatic rings. The standard InChI is InChI=1S/C21H30N2O3/c1-21(2,3)11-19(24)23-12-16(15-7-5-6-8-18(15)26-4)17(13-23)20(25)22-14-9-10-14/h5-8,14,16-17H,9-13H2,1-4H3,(H,22,25). The van der Waals surface area contributed by atoms with Crippen LogP contribution in [0.2, 0.25) is 0 Å². The Labute approximate surface area is 156 Å². The van der Waals surface area contributed by atoms with Crippen molar-refractivity contribution in [2.75, 3.05) is 20.2 Å². The third-order valence-electron chi connectivity index (χ3n) is 5.15. The minimum atomic E-state index is -0.226. The molecule has 0 aromatic heterocycles. The largest absolute Gasteiger partial charge is 0.496 e. The molecule has 2 atom stereocenters. The monoisotopic (exact) mass is 358 g/mol. The molecule has 1 aliphatic heterocycles. The van der Waals surface area contributed by atoms with Gasteiger partial charge in [0.25, 0.3) is 0 Å². The summed E-state index contributed by atoms with van der Waals surface area (Å²) in [5.41, 5.74) is 0.947. The van der Waals surface area contributed by atoms with Gasteiger partial charge < -0.3 is 15.0 Å². The van der Waals surface area contributed by atoms with Gasteiger partial charge in [-0.3, -0.25) is 9.59 Å². The Morgan fingerprint density at radius 2 is 1.88 bits per heavy atom. The minimum absolute atomic E-state index is 0.0335. The molecule has 0 spiro atoms. The van der Waals surface area contributed by atoms with E-state index < -0.39 is 0 Å². The normalized spacial score (nSPS) is 23.0. The summed E-state index contributed by atoms with van der Waals surface area (Å²) in [7, 11) is 1.65. The van der Waals surface area contributed by atoms with Crippen LogP contribution in [-0.2, 0) is 9.59 Å². The van der Waals surface area contributed by atoms with Crippen molar-refractivity contribution in [3.8, 4) is 5.75 Å². The molecule has 1 N–H and O–H groups in total. The number of amides is 2. The third-order valence-corrected chi connectivity index (χ3v) is 5.15. The second-order valence-electron chi connectivity index (χ2n) is 8.77. The first kappa shape index (κ1) is 18.7. The Morgan fingerprint density at radius 1 is 1.19 bits per heavy atom. The number of ether oxygens (including phenoxy) is 1. The molecule has 0 radical (unpaired) electrons. The zero-order chi connectivity index (χ0) is 18.9. The molecule has 2 fully saturated rings. The molecule has 2 amide bonds. The lowest BCUT2D eigenvalue weighted by molar-refractivity contribution is -0.132. The fourth-order valence-electron chi connectivity index (χ4n) is 3.66. The molecule has 26 heavy (non-hydrogen) atoms. The number of nitrogens with one attached hydrogen (secondary N) is 1. The number of hydrogen-bond acceptors (Lipinski definition) is 3. The predicted molar refractivity (Wildman–Crippen MR) is 101 cm³/mol. The highest BCUT2D eigenvalue weighted by Crippen LogP contribution is 2.39. The van der Waals surface area contributed by atoms with Crippen molar-refractivity contribution in [3.63, 3.8) is 0 Å². The van der Waals surface area contributed by atoms with Crippen molar-refractivity contribution >= 4 is 11.8 Å². The third kappa shape index (κ3) is 4.37. The first-order valence-corrected chi connectivity index (χ1v) is 9.49. The van der Waals surface area contributed by atoms with Crippen LogP contribution in [0, 0.1) is 11.3 Å². The van der Waals surface area contributed by atoms with Crippen LogP contribution in [0.4, 0.5) is 0 Å². The average Bonchev–Trinajstić information content (AvgIpc) is 3.27. The molecule has 1 aromatic carbocycles. The summed E-state index contributed by atoms with van der Waals surface area (Å²) in [6.45, 7) is 7.25. The summed E-state index contributed by atoms with van der Waals surface area (Å²) in [5.74, 6) is 0.713. The van der Waals surface area contributed by atoms with Gasteiger partial charge in [0.15, 0.2) is 0 Å². The lowest BCUT2D eigenvalue weighted by atomic mass is 9.87. The highest BCUT2D eigenvalue weighted by molar-refractivity contribution is 5.84. The Kier molecular flexibility index (Phi) is 5.26. The molecule has 1 aliphatic carbocycles. The van der Waals surface area contributed by atoms with E-state index in [4.69, 9.17) is 4.74 Å². The van der Waals surface area contributed by atoms with Crippen molar-refractivity contribution < 1.29 is 14.3 Å². The molecule has 5 heteroatoms. The van der Waals surface area contributed by atoms with Gasteiger partial charge in [-0.15, -0.1) is 0 Å². The van der Waals surface area contributed by atoms with Gasteiger partial charge in [-0.25, -0.2) is 0 Å². The van der Waals surface area contributed by atoms with E-state index in [9.17, 15) is 9.59 Å². The van der Waals surface area contributed by atoms with Gasteiger partial charge in [0.1, 0.15) is 5.75 Å². The summed E-state index contributed by atoms with van der Waals surface area (Å²) >= 11 is 0. The number of carbonyl (C=O) groups excluding carboxylic acids is 2. The van der Waals surface area contributed by atoms with Crippen LogP contribution in [-0.4, -0.2) is 43.0 Å². The number of nitrogens with zero attached hydrogens (tertiary/aromatic N) is 1. The van der Waals surface area contributed by atoms with Crippen LogP contribution in [0.3, 0.4) is 0 Å². The fraction of sp³-hybridized carbons (Fsp3) is 0.619. The maximum atomic E-state index is 12.8. The van der Waals surface area contributed by atoms with E-state index >= 15 is 0 Å². The zero-order valence-corrected chi connectivity index (χ0v) is 16.2. The van der Waals surface area contributed by atoms with Gasteiger partial charge in [0.2, 0.25) is 11.8 Å². The van der Waals surface area contributed by atoms with Crippen LogP contribution in [0.15, 0.2) is 24.3 Å². The maximum Gasteiger partial charge on any atom is 0.225 e. The Hall–Kier alpha value is -2.04. The lowest BCUT2D eigenvalue weighted by Gasteiger charge is -2.23. The van der Waals surface area contributed by atoms with Crippen molar-refractivity contribution in [1.82, 2.24) is 10.2 Å². The molecule has 3 rings (SSSR count). The molecule has 142 valence electrons. The number of rotatable bonds is 5. The van der Waals surface area contributed by atoms with E-state index in [1.165, 1.54) is 0 Å². The van der Waals surface area contributed by atoms with Crippen LogP contribution in [0.1, 0.15) is 51.5 Å². The maximum absolute atomic E-state index is 12.8. The fourth-order valence-corrected chi connectivity index (χ4v) is 3.66. The van der Waals surface area contributed by atoms with Gasteiger partial charge in [-0.05, 0) is 29.9 Å². The quantitative estimate of drug-likeness (QED) is 0.880. The smallest absolute Gasteiger partial charge is 0.225 e. The molecule has 2 unspecified atom stereocenters. The van der Waals surface area contributed by atoms with E-state index in [1.54, 1.807) is 7.11 Å². The summed E-state index contributed by atoms with van der Waals surface area (Å²) in [5, 5.41) is 3.12. The van der Waals surface area contributed by atoms with Crippen LogP contribution in [0.25, 0.3) is 0 Å². The molecule has 2 aliphatic rings. The Bertz CT molecular complexity index is 676. The van der Waals surface area contributed by atoms with Crippen molar-refractivity contribution in [2.24, 2.45) is 11.3 Å². The van der Waals surface area contributed by atoms with Gasteiger partial charge in [0.05, 0.1) is 13.0 Å². The highest BCUT2D eigenvalue weighted by Gasteiger charge is 2.43. The predicted octanol–water partition coefficient (Wildman–Crippen LogP) is 2.95. The highest BCUT2D eigenvalue weighted by atomic mass is 16.5. The van der Waals surface area contributed by atoms with Crippen LogP contribution < -0.4 is 10.1 Å². The number of para-hydroxylation sites is 1. The van der Waals surface area contributed by atoms with Crippen LogP contribution >= 0.6 is 0 Å². The minimum Gasteiger partial charge on any atom is -0.496 e. The van der Waals surface area contributed by atoms with Gasteiger partial charge in [-0.1, -0.05) is 39.0 Å². The van der Waals surface area contributed by atoms with Crippen molar-refractivity contribution in [2.45, 2.75) is 52.0 Å². The van der Waals surface area contributed by atoms with Crippen molar-refractivity contribution in [1.29, 1.82) is 0 Å². The Balaban J connectivity index is 1.83. The SMILES string of the molecule is COc1ccccc1C1CN(C(=O)CC(C)(C)C)CC1C(=O)NC1CC1. The number of methoxy groups -OCH3 is 1. The zero-order valence-electron chi connectivity index (χ0n) is 16.2. The summed E-state index contributed by atoms with van der Waals surface area (Å²) < 4.78 is 5.52. The Morgan fingerprint density at radius 3 is 2.50 bits per heavy atom. The van der Waals surface area contributed by atoms with Crippen molar-refractivity contribution in [3.05, 3.63) is 29.8 Å². The number of hydrogen-bond donors (Lipinski definition) is 1. The van der Waals surface area contributed by atoms with E-state index in [1.807, 2.05) is 29.2 Å². The average molecular weight is 358 g/mol. The van der Waals surface area contributed by atoms with Gasteiger partial charge in [0, 0.05) is 31.5 Å². The number of benzene rings is 1. The molecule has 0 bridgehead atoms. The van der Waals surface area contributed by atoms with E-state index in [2.05, 4.69) is 26.1 Å². The number of likely N-dealkylation sites (tertiary alicyclic amines) is 1. The second-order valence-corrected chi connectivity index (χ2v) is 8.77. The summed E-state index contributed by atoms with van der Waals surface area (Å²) in [6.07, 6.45) is 2.61. The molecular formula is C21H30N2O3. The topological polar surface area (TPSA) is 58.6 Å².